The zero-order valence-corrected chi connectivity index (χ0v) is 18.6. The van der Waals surface area contributed by atoms with Gasteiger partial charge in [0.2, 0.25) is 0 Å². The van der Waals surface area contributed by atoms with Gasteiger partial charge in [-0.2, -0.15) is 0 Å². The highest BCUT2D eigenvalue weighted by Crippen LogP contribution is 2.39. The van der Waals surface area contributed by atoms with Gasteiger partial charge in [0.15, 0.2) is 23.0 Å². The Kier molecular flexibility index (Phi) is 9.22. The van der Waals surface area contributed by atoms with Crippen molar-refractivity contribution in [2.24, 2.45) is 0 Å². The highest BCUT2D eigenvalue weighted by atomic mass is 16.6. The number of nitro groups is 2. The van der Waals surface area contributed by atoms with Gasteiger partial charge in [-0.3, -0.25) is 20.2 Å². The number of hydrogen-bond acceptors (Lipinski definition) is 8. The Hall–Kier alpha value is -4.08. The van der Waals surface area contributed by atoms with E-state index in [0.29, 0.717) is 29.0 Å². The van der Waals surface area contributed by atoms with E-state index < -0.39 is 9.85 Å². The van der Waals surface area contributed by atoms with Crippen LogP contribution in [0.1, 0.15) is 17.5 Å². The number of nitrogens with zero attached hydrogens (tertiary/aromatic N) is 2. The molecule has 0 atom stereocenters. The van der Waals surface area contributed by atoms with E-state index in [9.17, 15) is 20.2 Å². The SMILES string of the molecule is C=CCc1c([N+](=O)[O-])ccc(OC)c1OCCCOc1c(OC)ccc([N+](=O)[O-])c1CC=C. The average Bonchev–Trinajstić information content (AvgIpc) is 2.79. The van der Waals surface area contributed by atoms with Crippen LogP contribution in [-0.4, -0.2) is 37.3 Å². The van der Waals surface area contributed by atoms with Gasteiger partial charge in [-0.1, -0.05) is 12.2 Å². The zero-order chi connectivity index (χ0) is 24.4. The lowest BCUT2D eigenvalue weighted by atomic mass is 10.1. The van der Waals surface area contributed by atoms with Crippen molar-refractivity contribution in [3.05, 3.63) is 80.9 Å². The van der Waals surface area contributed by atoms with Crippen molar-refractivity contribution in [1.29, 1.82) is 0 Å². The molecule has 0 aromatic heterocycles. The molecule has 0 spiro atoms. The summed E-state index contributed by atoms with van der Waals surface area (Å²) in [6, 6.07) is 5.69. The van der Waals surface area contributed by atoms with Gasteiger partial charge in [0, 0.05) is 31.4 Å². The molecule has 0 saturated carbocycles. The van der Waals surface area contributed by atoms with Crippen molar-refractivity contribution in [2.45, 2.75) is 19.3 Å². The van der Waals surface area contributed by atoms with Crippen molar-refractivity contribution < 1.29 is 28.8 Å². The molecule has 0 heterocycles. The molecule has 0 aliphatic rings. The second-order valence-corrected chi connectivity index (χ2v) is 6.74. The predicted molar refractivity (Wildman–Crippen MR) is 123 cm³/mol. The Bertz CT molecular complexity index is 954. The van der Waals surface area contributed by atoms with Gasteiger partial charge in [0.05, 0.1) is 48.4 Å². The van der Waals surface area contributed by atoms with Crippen molar-refractivity contribution >= 4 is 11.4 Å². The third-order valence-corrected chi connectivity index (χ3v) is 4.71. The van der Waals surface area contributed by atoms with Gasteiger partial charge >= 0.3 is 0 Å². The first-order valence-electron chi connectivity index (χ1n) is 10.0. The lowest BCUT2D eigenvalue weighted by Gasteiger charge is -2.16. The lowest BCUT2D eigenvalue weighted by molar-refractivity contribution is -0.385. The molecule has 0 N–H and O–H groups in total. The first kappa shape index (κ1) is 25.2. The van der Waals surface area contributed by atoms with Crippen LogP contribution < -0.4 is 18.9 Å². The summed E-state index contributed by atoms with van der Waals surface area (Å²) < 4.78 is 22.2. The molecule has 10 heteroatoms. The molecule has 2 aromatic rings. The smallest absolute Gasteiger partial charge is 0.276 e. The number of benzene rings is 2. The molecule has 0 aliphatic heterocycles. The summed E-state index contributed by atoms with van der Waals surface area (Å²) in [6.07, 6.45) is 3.95. The number of methoxy groups -OCH3 is 2. The monoisotopic (exact) mass is 458 g/mol. The fourth-order valence-corrected chi connectivity index (χ4v) is 3.26. The Labute approximate surface area is 191 Å². The minimum atomic E-state index is -0.482. The summed E-state index contributed by atoms with van der Waals surface area (Å²) in [5.41, 5.74) is 0.558. The minimum Gasteiger partial charge on any atom is -0.493 e. The Morgan fingerprint density at radius 2 is 1.18 bits per heavy atom. The van der Waals surface area contributed by atoms with E-state index in [4.69, 9.17) is 18.9 Å². The lowest BCUT2D eigenvalue weighted by Crippen LogP contribution is -2.10. The highest BCUT2D eigenvalue weighted by Gasteiger charge is 2.23. The normalized spacial score (nSPS) is 10.2. The summed E-state index contributed by atoms with van der Waals surface area (Å²) >= 11 is 0. The second kappa shape index (κ2) is 12.1. The third-order valence-electron chi connectivity index (χ3n) is 4.71. The summed E-state index contributed by atoms with van der Waals surface area (Å²) in [7, 11) is 2.90. The van der Waals surface area contributed by atoms with Gasteiger partial charge in [-0.25, -0.2) is 0 Å². The Balaban J connectivity index is 2.17. The molecule has 0 aliphatic carbocycles. The highest BCUT2D eigenvalue weighted by molar-refractivity contribution is 5.58. The van der Waals surface area contributed by atoms with E-state index in [2.05, 4.69) is 13.2 Å². The first-order valence-corrected chi connectivity index (χ1v) is 10.0. The van der Waals surface area contributed by atoms with E-state index in [-0.39, 0.29) is 48.9 Å². The zero-order valence-electron chi connectivity index (χ0n) is 18.6. The standard InChI is InChI=1S/C23H26N2O8/c1-5-8-16-18(24(26)27)10-12-20(30-3)22(16)32-14-7-15-33-23-17(9-6-2)19(25(28)29)11-13-21(23)31-4/h5-6,10-13H,1-2,7-9,14-15H2,3-4H3. The van der Waals surface area contributed by atoms with Crippen LogP contribution in [0.25, 0.3) is 0 Å². The van der Waals surface area contributed by atoms with Crippen LogP contribution in [0.2, 0.25) is 0 Å². The van der Waals surface area contributed by atoms with E-state index >= 15 is 0 Å². The topological polar surface area (TPSA) is 123 Å². The number of nitro benzene ring substituents is 2. The van der Waals surface area contributed by atoms with E-state index in [1.165, 1.54) is 38.5 Å². The largest absolute Gasteiger partial charge is 0.493 e. The van der Waals surface area contributed by atoms with E-state index in [1.807, 2.05) is 0 Å². The molecule has 0 saturated heterocycles. The molecular formula is C23H26N2O8. The second-order valence-electron chi connectivity index (χ2n) is 6.74. The molecule has 2 rings (SSSR count). The molecule has 2 aromatic carbocycles. The molecule has 0 amide bonds. The van der Waals surface area contributed by atoms with Crippen molar-refractivity contribution in [1.82, 2.24) is 0 Å². The van der Waals surface area contributed by atoms with Crippen LogP contribution >= 0.6 is 0 Å². The molecule has 0 fully saturated rings. The van der Waals surface area contributed by atoms with Gasteiger partial charge < -0.3 is 18.9 Å². The van der Waals surface area contributed by atoms with Gasteiger partial charge in [-0.05, 0) is 12.1 Å². The minimum absolute atomic E-state index is 0.0858. The Morgan fingerprint density at radius 1 is 0.788 bits per heavy atom. The summed E-state index contributed by atoms with van der Waals surface area (Å²) in [5.74, 6) is 1.28. The van der Waals surface area contributed by atoms with Crippen LogP contribution in [0.15, 0.2) is 49.6 Å². The quantitative estimate of drug-likeness (QED) is 0.171. The summed E-state index contributed by atoms with van der Waals surface area (Å²) in [4.78, 5) is 21.8. The summed E-state index contributed by atoms with van der Waals surface area (Å²) in [5, 5.41) is 22.8. The van der Waals surface area contributed by atoms with Crippen molar-refractivity contribution in [2.75, 3.05) is 27.4 Å². The summed E-state index contributed by atoms with van der Waals surface area (Å²) in [6.45, 7) is 7.62. The number of ether oxygens (including phenoxy) is 4. The Morgan fingerprint density at radius 3 is 1.48 bits per heavy atom. The predicted octanol–water partition coefficient (Wildman–Crippen LogP) is 4.83. The maximum Gasteiger partial charge on any atom is 0.276 e. The van der Waals surface area contributed by atoms with Crippen molar-refractivity contribution in [3.63, 3.8) is 0 Å². The van der Waals surface area contributed by atoms with Crippen LogP contribution in [0.4, 0.5) is 11.4 Å². The van der Waals surface area contributed by atoms with Crippen LogP contribution in [-0.2, 0) is 12.8 Å². The first-order chi connectivity index (χ1) is 15.9. The van der Waals surface area contributed by atoms with Gasteiger partial charge in [0.1, 0.15) is 0 Å². The number of rotatable bonds is 14. The molecule has 0 unspecified atom stereocenters. The fourth-order valence-electron chi connectivity index (χ4n) is 3.26. The molecular weight excluding hydrogens is 432 g/mol. The van der Waals surface area contributed by atoms with Gasteiger partial charge in [0.25, 0.3) is 11.4 Å². The molecule has 33 heavy (non-hydrogen) atoms. The maximum absolute atomic E-state index is 11.4. The van der Waals surface area contributed by atoms with Crippen LogP contribution in [0.5, 0.6) is 23.0 Å². The number of hydrogen-bond donors (Lipinski definition) is 0. The van der Waals surface area contributed by atoms with Crippen molar-refractivity contribution in [3.8, 4) is 23.0 Å². The third kappa shape index (κ3) is 6.00. The molecule has 176 valence electrons. The fraction of sp³-hybridized carbons (Fsp3) is 0.304. The van der Waals surface area contributed by atoms with Gasteiger partial charge in [-0.15, -0.1) is 13.2 Å². The average molecular weight is 458 g/mol. The molecule has 10 nitrogen and oxygen atoms in total. The van der Waals surface area contributed by atoms with Crippen LogP contribution in [0.3, 0.4) is 0 Å². The van der Waals surface area contributed by atoms with E-state index in [1.54, 1.807) is 12.2 Å². The van der Waals surface area contributed by atoms with Crippen LogP contribution in [0, 0.1) is 20.2 Å². The molecule has 0 bridgehead atoms. The maximum atomic E-state index is 11.4. The molecule has 0 radical (unpaired) electrons. The van der Waals surface area contributed by atoms with E-state index in [0.717, 1.165) is 0 Å². The number of allylic oxidation sites excluding steroid dienone is 2.